The van der Waals surface area contributed by atoms with Gasteiger partial charge in [0.1, 0.15) is 17.0 Å². The second-order valence-corrected chi connectivity index (χ2v) is 6.49. The number of methoxy groups -OCH3 is 1. The molecule has 8 heteroatoms. The van der Waals surface area contributed by atoms with Crippen LogP contribution in [0.1, 0.15) is 17.4 Å². The SMILES string of the molecule is COCC1OC(=Nc2nccs2)c2c1nc1cc(Cl)ccc1c2O. The summed E-state index contributed by atoms with van der Waals surface area (Å²) in [6.45, 7) is 0.294. The lowest BCUT2D eigenvalue weighted by Crippen LogP contribution is -2.07. The van der Waals surface area contributed by atoms with Gasteiger partial charge in [-0.1, -0.05) is 11.6 Å². The first kappa shape index (κ1) is 15.3. The van der Waals surface area contributed by atoms with Crippen molar-refractivity contribution < 1.29 is 14.6 Å². The lowest BCUT2D eigenvalue weighted by atomic mass is 10.1. The molecule has 24 heavy (non-hydrogen) atoms. The smallest absolute Gasteiger partial charge is 0.230 e. The van der Waals surface area contributed by atoms with Gasteiger partial charge in [0.25, 0.3) is 0 Å². The summed E-state index contributed by atoms with van der Waals surface area (Å²) < 4.78 is 11.1. The van der Waals surface area contributed by atoms with E-state index in [4.69, 9.17) is 21.1 Å². The lowest BCUT2D eigenvalue weighted by molar-refractivity contribution is 0.0799. The van der Waals surface area contributed by atoms with Gasteiger partial charge < -0.3 is 14.6 Å². The molecule has 2 aromatic heterocycles. The minimum Gasteiger partial charge on any atom is -0.506 e. The van der Waals surface area contributed by atoms with E-state index in [0.717, 1.165) is 0 Å². The van der Waals surface area contributed by atoms with Gasteiger partial charge in [-0.15, -0.1) is 11.3 Å². The first-order valence-corrected chi connectivity index (χ1v) is 8.39. The third kappa shape index (κ3) is 2.50. The Morgan fingerprint density at radius 3 is 3.08 bits per heavy atom. The number of benzene rings is 1. The molecule has 122 valence electrons. The topological polar surface area (TPSA) is 76.8 Å². The van der Waals surface area contributed by atoms with Crippen molar-refractivity contribution in [2.75, 3.05) is 13.7 Å². The van der Waals surface area contributed by atoms with Crippen LogP contribution in [0.4, 0.5) is 5.13 Å². The Hall–Kier alpha value is -2.22. The zero-order chi connectivity index (χ0) is 16.7. The Bertz CT molecular complexity index is 943. The van der Waals surface area contributed by atoms with E-state index in [1.165, 1.54) is 11.3 Å². The average molecular weight is 362 g/mol. The van der Waals surface area contributed by atoms with Crippen molar-refractivity contribution in [3.63, 3.8) is 0 Å². The van der Waals surface area contributed by atoms with Crippen LogP contribution in [0.25, 0.3) is 10.9 Å². The maximum Gasteiger partial charge on any atom is 0.230 e. The molecule has 6 nitrogen and oxygen atoms in total. The van der Waals surface area contributed by atoms with Gasteiger partial charge in [-0.25, -0.2) is 9.97 Å². The Labute approximate surface area is 146 Å². The van der Waals surface area contributed by atoms with Gasteiger partial charge >= 0.3 is 0 Å². The molecule has 3 heterocycles. The fraction of sp³-hybridized carbons (Fsp3) is 0.188. The second kappa shape index (κ2) is 6.01. The van der Waals surface area contributed by atoms with Crippen molar-refractivity contribution in [1.29, 1.82) is 0 Å². The van der Waals surface area contributed by atoms with E-state index in [2.05, 4.69) is 15.0 Å². The van der Waals surface area contributed by atoms with Crippen LogP contribution in [-0.4, -0.2) is 34.7 Å². The number of pyridine rings is 1. The molecule has 0 amide bonds. The molecule has 1 aromatic carbocycles. The molecule has 1 N–H and O–H groups in total. The number of fused-ring (bicyclic) bond motifs is 2. The minimum absolute atomic E-state index is 0.0700. The highest BCUT2D eigenvalue weighted by Crippen LogP contribution is 2.40. The predicted molar refractivity (Wildman–Crippen MR) is 92.4 cm³/mol. The zero-order valence-electron chi connectivity index (χ0n) is 12.6. The molecule has 1 atom stereocenters. The summed E-state index contributed by atoms with van der Waals surface area (Å²) in [5.41, 5.74) is 1.65. The molecule has 0 bridgehead atoms. The van der Waals surface area contributed by atoms with Gasteiger partial charge in [0.15, 0.2) is 6.10 Å². The molecule has 0 aliphatic carbocycles. The van der Waals surface area contributed by atoms with E-state index in [9.17, 15) is 5.11 Å². The molecule has 0 spiro atoms. The highest BCUT2D eigenvalue weighted by Gasteiger charge is 2.35. The number of ether oxygens (including phenoxy) is 2. The van der Waals surface area contributed by atoms with E-state index in [1.807, 2.05) is 5.38 Å². The van der Waals surface area contributed by atoms with Crippen LogP contribution in [0, 0.1) is 0 Å². The number of hydrogen-bond acceptors (Lipinski definition) is 7. The van der Waals surface area contributed by atoms with E-state index < -0.39 is 6.10 Å². The zero-order valence-corrected chi connectivity index (χ0v) is 14.1. The molecule has 4 rings (SSSR count). The third-order valence-electron chi connectivity index (χ3n) is 3.66. The first-order valence-electron chi connectivity index (χ1n) is 7.13. The van der Waals surface area contributed by atoms with Crippen LogP contribution in [-0.2, 0) is 9.47 Å². The molecule has 0 saturated carbocycles. The van der Waals surface area contributed by atoms with E-state index in [-0.39, 0.29) is 5.75 Å². The summed E-state index contributed by atoms with van der Waals surface area (Å²) in [6.07, 6.45) is 1.21. The summed E-state index contributed by atoms with van der Waals surface area (Å²) in [5.74, 6) is 0.365. The number of thiazole rings is 1. The number of aliphatic imine (C=N–C) groups is 1. The van der Waals surface area contributed by atoms with E-state index >= 15 is 0 Å². The quantitative estimate of drug-likeness (QED) is 0.766. The van der Waals surface area contributed by atoms with Crippen molar-refractivity contribution in [2.24, 2.45) is 4.99 Å². The van der Waals surface area contributed by atoms with Gasteiger partial charge in [-0.2, -0.15) is 4.99 Å². The predicted octanol–water partition coefficient (Wildman–Crippen LogP) is 3.85. The Kier molecular flexibility index (Phi) is 3.84. The van der Waals surface area contributed by atoms with Crippen LogP contribution >= 0.6 is 22.9 Å². The van der Waals surface area contributed by atoms with Gasteiger partial charge in [0, 0.05) is 29.1 Å². The highest BCUT2D eigenvalue weighted by molar-refractivity contribution is 7.13. The number of halogens is 1. The molecular formula is C16H12ClN3O3S. The summed E-state index contributed by atoms with van der Waals surface area (Å²) in [6, 6.07) is 5.14. The monoisotopic (exact) mass is 361 g/mol. The third-order valence-corrected chi connectivity index (χ3v) is 4.56. The Morgan fingerprint density at radius 2 is 2.33 bits per heavy atom. The summed E-state index contributed by atoms with van der Waals surface area (Å²) in [5, 5.41) is 14.3. The van der Waals surface area contributed by atoms with Crippen molar-refractivity contribution in [1.82, 2.24) is 9.97 Å². The fourth-order valence-corrected chi connectivity index (χ4v) is 3.30. The number of rotatable bonds is 3. The normalized spacial score (nSPS) is 18.1. The number of aromatic hydroxyl groups is 1. The molecule has 1 unspecified atom stereocenters. The summed E-state index contributed by atoms with van der Waals surface area (Å²) in [7, 11) is 1.58. The van der Waals surface area contributed by atoms with Crippen LogP contribution in [0.15, 0.2) is 34.8 Å². The summed E-state index contributed by atoms with van der Waals surface area (Å²) >= 11 is 7.42. The molecule has 3 aromatic rings. The lowest BCUT2D eigenvalue weighted by Gasteiger charge is -2.09. The largest absolute Gasteiger partial charge is 0.506 e. The van der Waals surface area contributed by atoms with Crippen LogP contribution in [0.3, 0.4) is 0 Å². The van der Waals surface area contributed by atoms with Crippen molar-refractivity contribution in [3.8, 4) is 5.75 Å². The van der Waals surface area contributed by atoms with Gasteiger partial charge in [-0.05, 0) is 18.2 Å². The van der Waals surface area contributed by atoms with Gasteiger partial charge in [0.2, 0.25) is 11.0 Å². The minimum atomic E-state index is -0.446. The Morgan fingerprint density at radius 1 is 1.46 bits per heavy atom. The van der Waals surface area contributed by atoms with Crippen LogP contribution < -0.4 is 0 Å². The van der Waals surface area contributed by atoms with Crippen molar-refractivity contribution >= 4 is 44.9 Å². The molecule has 1 aliphatic heterocycles. The average Bonchev–Trinajstić information content (AvgIpc) is 3.17. The standard InChI is InChI=1S/C16H12ClN3O3S/c1-22-7-11-13-12(15(23-11)20-16-18-4-5-24-16)14(21)9-3-2-8(17)6-10(9)19-13/h2-6,11H,7H2,1H3,(H,19,21). The summed E-state index contributed by atoms with van der Waals surface area (Å²) in [4.78, 5) is 13.1. The van der Waals surface area contributed by atoms with E-state index in [0.29, 0.717) is 44.8 Å². The van der Waals surface area contributed by atoms with E-state index in [1.54, 1.807) is 31.5 Å². The maximum absolute atomic E-state index is 10.7. The number of nitrogens with zero attached hydrogens (tertiary/aromatic N) is 3. The number of hydrogen-bond donors (Lipinski definition) is 1. The number of aromatic nitrogens is 2. The molecule has 0 saturated heterocycles. The molecule has 1 aliphatic rings. The fourth-order valence-electron chi connectivity index (χ4n) is 2.64. The second-order valence-electron chi connectivity index (χ2n) is 5.18. The van der Waals surface area contributed by atoms with Crippen LogP contribution in [0.2, 0.25) is 5.02 Å². The van der Waals surface area contributed by atoms with Crippen molar-refractivity contribution in [2.45, 2.75) is 6.10 Å². The molecule has 0 fully saturated rings. The maximum atomic E-state index is 10.7. The van der Waals surface area contributed by atoms with Crippen LogP contribution in [0.5, 0.6) is 5.75 Å². The highest BCUT2D eigenvalue weighted by atomic mass is 35.5. The molecule has 0 radical (unpaired) electrons. The van der Waals surface area contributed by atoms with Gasteiger partial charge in [-0.3, -0.25) is 0 Å². The first-order chi connectivity index (χ1) is 11.7. The Balaban J connectivity index is 1.95. The molecular weight excluding hydrogens is 350 g/mol. The van der Waals surface area contributed by atoms with Gasteiger partial charge in [0.05, 0.1) is 12.1 Å². The van der Waals surface area contributed by atoms with Crippen molar-refractivity contribution in [3.05, 3.63) is 46.1 Å².